The molecule has 0 aliphatic heterocycles. The van der Waals surface area contributed by atoms with Crippen LogP contribution in [0.5, 0.6) is 5.75 Å². The van der Waals surface area contributed by atoms with Crippen molar-refractivity contribution in [3.05, 3.63) is 69.4 Å². The molecule has 0 spiro atoms. The van der Waals surface area contributed by atoms with Crippen molar-refractivity contribution in [2.75, 3.05) is 17.1 Å². The number of hydrogen-bond donors (Lipinski definition) is 2. The number of anilines is 2. The summed E-state index contributed by atoms with van der Waals surface area (Å²) in [5.74, 6) is 0.420. The first-order valence-corrected chi connectivity index (χ1v) is 11.9. The second-order valence-electron chi connectivity index (χ2n) is 7.18. The van der Waals surface area contributed by atoms with E-state index in [1.165, 1.54) is 27.8 Å². The summed E-state index contributed by atoms with van der Waals surface area (Å²) in [6.07, 6.45) is 3.18. The zero-order chi connectivity index (χ0) is 21.3. The molecule has 1 aliphatic rings. The van der Waals surface area contributed by atoms with E-state index in [1.54, 1.807) is 50.4 Å². The van der Waals surface area contributed by atoms with Gasteiger partial charge in [0.25, 0.3) is 15.9 Å². The third-order valence-corrected chi connectivity index (χ3v) is 7.81. The number of amides is 1. The number of nitrogens with one attached hydrogen (secondary N) is 2. The summed E-state index contributed by atoms with van der Waals surface area (Å²) in [5.41, 5.74) is 2.71. The quantitative estimate of drug-likeness (QED) is 0.584. The molecule has 1 amide bonds. The van der Waals surface area contributed by atoms with Gasteiger partial charge in [-0.25, -0.2) is 8.42 Å². The van der Waals surface area contributed by atoms with Crippen molar-refractivity contribution in [2.45, 2.75) is 31.1 Å². The lowest BCUT2D eigenvalue weighted by Crippen LogP contribution is -2.16. The molecule has 0 saturated heterocycles. The molecule has 4 rings (SSSR count). The van der Waals surface area contributed by atoms with Crippen LogP contribution in [-0.4, -0.2) is 21.4 Å². The minimum atomic E-state index is -3.82. The maximum atomic E-state index is 12.9. The molecule has 156 valence electrons. The summed E-state index contributed by atoms with van der Waals surface area (Å²) in [6.45, 7) is 1.72. The van der Waals surface area contributed by atoms with Crippen LogP contribution in [0, 0.1) is 6.92 Å². The Balaban J connectivity index is 1.54. The second-order valence-corrected chi connectivity index (χ2v) is 9.97. The smallest absolute Gasteiger partial charge is 0.265 e. The number of methoxy groups -OCH3 is 1. The van der Waals surface area contributed by atoms with E-state index in [9.17, 15) is 13.2 Å². The minimum absolute atomic E-state index is 0.116. The molecular formula is C22H22N2O4S2. The van der Waals surface area contributed by atoms with Gasteiger partial charge in [0.15, 0.2) is 0 Å². The fourth-order valence-corrected chi connectivity index (χ4v) is 5.95. The summed E-state index contributed by atoms with van der Waals surface area (Å²) >= 11 is 1.51. The van der Waals surface area contributed by atoms with E-state index >= 15 is 0 Å². The maximum absolute atomic E-state index is 12.9. The number of rotatable bonds is 6. The third-order valence-electron chi connectivity index (χ3n) is 5.05. The summed E-state index contributed by atoms with van der Waals surface area (Å²) in [4.78, 5) is 14.7. The molecule has 1 aliphatic carbocycles. The van der Waals surface area contributed by atoms with Crippen LogP contribution in [-0.2, 0) is 22.9 Å². The fraction of sp³-hybridized carbons (Fsp3) is 0.227. The lowest BCUT2D eigenvalue weighted by molar-refractivity contribution is 0.103. The Hall–Kier alpha value is -2.84. The number of thiophene rings is 1. The molecule has 0 radical (unpaired) electrons. The van der Waals surface area contributed by atoms with Crippen molar-refractivity contribution < 1.29 is 17.9 Å². The molecule has 30 heavy (non-hydrogen) atoms. The SMILES string of the molecule is COc1ccc(NS(=O)(=O)c2cc(NC(=O)c3cc4c(s3)CCC4)ccc2C)cc1. The van der Waals surface area contributed by atoms with Crippen molar-refractivity contribution >= 4 is 38.6 Å². The van der Waals surface area contributed by atoms with E-state index < -0.39 is 10.0 Å². The van der Waals surface area contributed by atoms with Crippen LogP contribution >= 0.6 is 11.3 Å². The lowest BCUT2D eigenvalue weighted by Gasteiger charge is -2.13. The summed E-state index contributed by atoms with van der Waals surface area (Å²) < 4.78 is 33.5. The highest BCUT2D eigenvalue weighted by Crippen LogP contribution is 2.31. The van der Waals surface area contributed by atoms with Crippen molar-refractivity contribution in [3.8, 4) is 5.75 Å². The Morgan fingerprint density at radius 1 is 1.03 bits per heavy atom. The largest absolute Gasteiger partial charge is 0.497 e. The van der Waals surface area contributed by atoms with Crippen LogP contribution in [0.25, 0.3) is 0 Å². The predicted molar refractivity (Wildman–Crippen MR) is 119 cm³/mol. The molecule has 8 heteroatoms. The number of ether oxygens (including phenoxy) is 1. The van der Waals surface area contributed by atoms with Gasteiger partial charge in [-0.05, 0) is 79.8 Å². The number of carbonyl (C=O) groups excluding carboxylic acids is 1. The summed E-state index contributed by atoms with van der Waals surface area (Å²) in [6, 6.07) is 13.5. The number of sulfonamides is 1. The average molecular weight is 443 g/mol. The van der Waals surface area contributed by atoms with E-state index in [4.69, 9.17) is 4.74 Å². The van der Waals surface area contributed by atoms with Crippen LogP contribution in [0.4, 0.5) is 11.4 Å². The molecule has 0 unspecified atom stereocenters. The molecule has 1 heterocycles. The summed E-state index contributed by atoms with van der Waals surface area (Å²) in [5, 5.41) is 2.83. The molecule has 0 fully saturated rings. The number of carbonyl (C=O) groups is 1. The van der Waals surface area contributed by atoms with Gasteiger partial charge in [0, 0.05) is 16.3 Å². The van der Waals surface area contributed by atoms with Gasteiger partial charge in [-0.1, -0.05) is 6.07 Å². The van der Waals surface area contributed by atoms with Gasteiger partial charge in [0.2, 0.25) is 0 Å². The van der Waals surface area contributed by atoms with Gasteiger partial charge in [-0.15, -0.1) is 11.3 Å². The Kier molecular flexibility index (Phi) is 5.53. The average Bonchev–Trinajstić information content (AvgIpc) is 3.32. The van der Waals surface area contributed by atoms with Crippen LogP contribution in [0.1, 0.15) is 32.1 Å². The molecule has 1 aromatic heterocycles. The van der Waals surface area contributed by atoms with Crippen LogP contribution in [0.15, 0.2) is 53.4 Å². The standard InChI is InChI=1S/C22H22N2O4S2/c1-14-6-7-17(23-22(25)20-12-15-4-3-5-19(15)29-20)13-21(14)30(26,27)24-16-8-10-18(28-2)11-9-16/h6-13,24H,3-5H2,1-2H3,(H,23,25). The van der Waals surface area contributed by atoms with Crippen LogP contribution in [0.2, 0.25) is 0 Å². The summed E-state index contributed by atoms with van der Waals surface area (Å²) in [7, 11) is -2.28. The highest BCUT2D eigenvalue weighted by Gasteiger charge is 2.21. The fourth-order valence-electron chi connectivity index (χ4n) is 3.47. The van der Waals surface area contributed by atoms with E-state index in [2.05, 4.69) is 10.0 Å². The number of hydrogen-bond acceptors (Lipinski definition) is 5. The topological polar surface area (TPSA) is 84.5 Å². The van der Waals surface area contributed by atoms with Crippen LogP contribution < -0.4 is 14.8 Å². The molecular weight excluding hydrogens is 420 g/mol. The van der Waals surface area contributed by atoms with Gasteiger partial charge in [0.05, 0.1) is 16.9 Å². The maximum Gasteiger partial charge on any atom is 0.265 e. The van der Waals surface area contributed by atoms with Gasteiger partial charge in [0.1, 0.15) is 5.75 Å². The molecule has 2 aromatic carbocycles. The van der Waals surface area contributed by atoms with E-state index in [1.807, 2.05) is 6.07 Å². The molecule has 0 bridgehead atoms. The van der Waals surface area contributed by atoms with Crippen molar-refractivity contribution in [1.82, 2.24) is 0 Å². The first-order chi connectivity index (χ1) is 14.4. The zero-order valence-corrected chi connectivity index (χ0v) is 18.3. The van der Waals surface area contributed by atoms with Gasteiger partial charge in [-0.3, -0.25) is 9.52 Å². The Morgan fingerprint density at radius 3 is 2.47 bits per heavy atom. The monoisotopic (exact) mass is 442 g/mol. The third kappa shape index (κ3) is 4.20. The van der Waals surface area contributed by atoms with Crippen molar-refractivity contribution in [1.29, 1.82) is 0 Å². The number of benzene rings is 2. The Morgan fingerprint density at radius 2 is 1.77 bits per heavy atom. The highest BCUT2D eigenvalue weighted by molar-refractivity contribution is 7.92. The highest BCUT2D eigenvalue weighted by atomic mass is 32.2. The zero-order valence-electron chi connectivity index (χ0n) is 16.7. The van der Waals surface area contributed by atoms with Crippen molar-refractivity contribution in [3.63, 3.8) is 0 Å². The van der Waals surface area contributed by atoms with E-state index in [0.717, 1.165) is 19.3 Å². The Bertz CT molecular complexity index is 1180. The van der Waals surface area contributed by atoms with Gasteiger partial charge >= 0.3 is 0 Å². The molecule has 0 atom stereocenters. The molecule has 2 N–H and O–H groups in total. The number of aryl methyl sites for hydroxylation is 3. The molecule has 3 aromatic rings. The predicted octanol–water partition coefficient (Wildman–Crippen LogP) is 4.61. The van der Waals surface area contributed by atoms with E-state index in [0.29, 0.717) is 27.6 Å². The molecule has 0 saturated carbocycles. The first-order valence-electron chi connectivity index (χ1n) is 9.56. The Labute approximate surface area is 180 Å². The van der Waals surface area contributed by atoms with Crippen LogP contribution in [0.3, 0.4) is 0 Å². The van der Waals surface area contributed by atoms with Gasteiger partial charge < -0.3 is 10.1 Å². The molecule has 6 nitrogen and oxygen atoms in total. The first kappa shape index (κ1) is 20.4. The van der Waals surface area contributed by atoms with Crippen molar-refractivity contribution in [2.24, 2.45) is 0 Å². The van der Waals surface area contributed by atoms with Gasteiger partial charge in [-0.2, -0.15) is 0 Å². The van der Waals surface area contributed by atoms with E-state index in [-0.39, 0.29) is 10.8 Å². The minimum Gasteiger partial charge on any atom is -0.497 e. The number of fused-ring (bicyclic) bond motifs is 1. The second kappa shape index (κ2) is 8.12. The normalized spacial score (nSPS) is 13.0. The lowest BCUT2D eigenvalue weighted by atomic mass is 10.2.